The summed E-state index contributed by atoms with van der Waals surface area (Å²) >= 11 is 0. The maximum atomic E-state index is 10.7. The first kappa shape index (κ1) is 10.6. The monoisotopic (exact) mass is 183 g/mol. The van der Waals surface area contributed by atoms with Crippen molar-refractivity contribution in [2.75, 3.05) is 13.1 Å². The predicted octanol–water partition coefficient (Wildman–Crippen LogP) is 0.963. The molecule has 74 valence electrons. The number of rotatable bonds is 4. The smallest absolute Gasteiger partial charge is 0.306 e. The van der Waals surface area contributed by atoms with Crippen LogP contribution in [0.2, 0.25) is 6.32 Å². The molecule has 1 fully saturated rings. The zero-order chi connectivity index (χ0) is 9.68. The van der Waals surface area contributed by atoms with Crippen molar-refractivity contribution in [2.45, 2.75) is 32.5 Å². The third kappa shape index (κ3) is 3.39. The van der Waals surface area contributed by atoms with E-state index in [1.165, 1.54) is 12.7 Å². The molecule has 0 amide bonds. The Bertz CT molecular complexity index is 167. The van der Waals surface area contributed by atoms with Crippen LogP contribution in [0.5, 0.6) is 0 Å². The standard InChI is InChI=1S/C9H18BNO2/c1-2-5-10-11-6-3-8(4-7-11)9(12)13/h8,10H,2-7H2,1H3,(H,12,13). The third-order valence-corrected chi connectivity index (χ3v) is 2.76. The Balaban J connectivity index is 2.18. The van der Waals surface area contributed by atoms with Gasteiger partial charge in [0.2, 0.25) is 7.41 Å². The molecule has 13 heavy (non-hydrogen) atoms. The van der Waals surface area contributed by atoms with E-state index in [0.717, 1.165) is 33.3 Å². The van der Waals surface area contributed by atoms with Crippen molar-refractivity contribution >= 4 is 13.4 Å². The van der Waals surface area contributed by atoms with Gasteiger partial charge in [0, 0.05) is 0 Å². The summed E-state index contributed by atoms with van der Waals surface area (Å²) in [5, 5.41) is 8.78. The van der Waals surface area contributed by atoms with E-state index >= 15 is 0 Å². The molecule has 1 aliphatic heterocycles. The normalized spacial score (nSPS) is 20.1. The number of piperidine rings is 1. The van der Waals surface area contributed by atoms with Crippen LogP contribution in [0.1, 0.15) is 26.2 Å². The average molecular weight is 183 g/mol. The molecule has 0 unspecified atom stereocenters. The van der Waals surface area contributed by atoms with Crippen LogP contribution in [-0.2, 0) is 4.79 Å². The molecule has 1 N–H and O–H groups in total. The van der Waals surface area contributed by atoms with Crippen molar-refractivity contribution in [1.29, 1.82) is 0 Å². The molecule has 4 heteroatoms. The van der Waals surface area contributed by atoms with Crippen molar-refractivity contribution in [2.24, 2.45) is 5.92 Å². The van der Waals surface area contributed by atoms with Gasteiger partial charge in [0.15, 0.2) is 0 Å². The number of carboxylic acid groups (broad SMARTS) is 1. The minimum Gasteiger partial charge on any atom is -0.481 e. The summed E-state index contributed by atoms with van der Waals surface area (Å²) in [6, 6.07) is 0. The minimum atomic E-state index is -0.616. The first-order valence-electron chi connectivity index (χ1n) is 5.19. The van der Waals surface area contributed by atoms with E-state index in [-0.39, 0.29) is 5.92 Å². The number of carboxylic acids is 1. The highest BCUT2D eigenvalue weighted by Gasteiger charge is 2.23. The summed E-state index contributed by atoms with van der Waals surface area (Å²) in [5.41, 5.74) is 0. The molecule has 0 aromatic carbocycles. The summed E-state index contributed by atoms with van der Waals surface area (Å²) in [5.74, 6) is -0.701. The Labute approximate surface area is 80.4 Å². The molecule has 1 heterocycles. The summed E-state index contributed by atoms with van der Waals surface area (Å²) < 4.78 is 0. The van der Waals surface area contributed by atoms with Crippen molar-refractivity contribution in [3.63, 3.8) is 0 Å². The van der Waals surface area contributed by atoms with E-state index in [4.69, 9.17) is 5.11 Å². The number of carbonyl (C=O) groups is 1. The van der Waals surface area contributed by atoms with Gasteiger partial charge in [-0.1, -0.05) is 19.7 Å². The van der Waals surface area contributed by atoms with Gasteiger partial charge >= 0.3 is 5.97 Å². The molecule has 0 radical (unpaired) electrons. The van der Waals surface area contributed by atoms with Crippen molar-refractivity contribution in [1.82, 2.24) is 4.81 Å². The average Bonchev–Trinajstić information content (AvgIpc) is 2.15. The van der Waals surface area contributed by atoms with E-state index in [2.05, 4.69) is 11.7 Å². The summed E-state index contributed by atoms with van der Waals surface area (Å²) in [4.78, 5) is 13.0. The van der Waals surface area contributed by atoms with E-state index in [9.17, 15) is 4.79 Å². The van der Waals surface area contributed by atoms with Crippen molar-refractivity contribution < 1.29 is 9.90 Å². The Morgan fingerprint density at radius 1 is 1.54 bits per heavy atom. The zero-order valence-corrected chi connectivity index (χ0v) is 8.33. The molecule has 0 spiro atoms. The van der Waals surface area contributed by atoms with Gasteiger partial charge in [-0.2, -0.15) is 0 Å². The molecule has 0 saturated carbocycles. The fourth-order valence-corrected chi connectivity index (χ4v) is 1.79. The lowest BCUT2D eigenvalue weighted by molar-refractivity contribution is -0.142. The van der Waals surface area contributed by atoms with Gasteiger partial charge in [-0.25, -0.2) is 0 Å². The van der Waals surface area contributed by atoms with Crippen LogP contribution in [0.3, 0.4) is 0 Å². The number of hydrogen-bond donors (Lipinski definition) is 1. The van der Waals surface area contributed by atoms with Gasteiger partial charge in [0.25, 0.3) is 0 Å². The molecule has 1 aliphatic rings. The molecular formula is C9H18BNO2. The van der Waals surface area contributed by atoms with Crippen LogP contribution < -0.4 is 0 Å². The van der Waals surface area contributed by atoms with Gasteiger partial charge < -0.3 is 9.92 Å². The van der Waals surface area contributed by atoms with Crippen molar-refractivity contribution in [3.8, 4) is 0 Å². The molecule has 0 aromatic rings. The summed E-state index contributed by atoms with van der Waals surface area (Å²) in [7, 11) is 1.14. The molecule has 1 rings (SSSR count). The molecule has 0 aromatic heterocycles. The first-order chi connectivity index (χ1) is 6.24. The Morgan fingerprint density at radius 3 is 2.62 bits per heavy atom. The highest BCUT2D eigenvalue weighted by molar-refractivity contribution is 6.31. The van der Waals surface area contributed by atoms with Crippen LogP contribution in [-0.4, -0.2) is 36.4 Å². The second kappa shape index (κ2) is 5.27. The maximum Gasteiger partial charge on any atom is 0.306 e. The molecule has 3 nitrogen and oxygen atoms in total. The second-order valence-electron chi connectivity index (χ2n) is 3.81. The molecule has 0 aliphatic carbocycles. The van der Waals surface area contributed by atoms with Gasteiger partial charge in [-0.05, 0) is 25.9 Å². The van der Waals surface area contributed by atoms with Gasteiger partial charge in [-0.15, -0.1) is 0 Å². The van der Waals surface area contributed by atoms with Gasteiger partial charge in [0.05, 0.1) is 5.92 Å². The topological polar surface area (TPSA) is 40.5 Å². The van der Waals surface area contributed by atoms with E-state index in [1.807, 2.05) is 0 Å². The highest BCUT2D eigenvalue weighted by atomic mass is 16.4. The van der Waals surface area contributed by atoms with E-state index in [1.54, 1.807) is 0 Å². The van der Waals surface area contributed by atoms with Gasteiger partial charge in [0.1, 0.15) is 0 Å². The molecule has 0 bridgehead atoms. The van der Waals surface area contributed by atoms with Crippen LogP contribution in [0.4, 0.5) is 0 Å². The fraction of sp³-hybridized carbons (Fsp3) is 0.889. The Morgan fingerprint density at radius 2 is 2.15 bits per heavy atom. The van der Waals surface area contributed by atoms with Crippen LogP contribution in [0.15, 0.2) is 0 Å². The largest absolute Gasteiger partial charge is 0.481 e. The lowest BCUT2D eigenvalue weighted by atomic mass is 9.81. The Kier molecular flexibility index (Phi) is 4.29. The number of aliphatic carboxylic acids is 1. The van der Waals surface area contributed by atoms with E-state index in [0.29, 0.717) is 0 Å². The van der Waals surface area contributed by atoms with Crippen LogP contribution in [0, 0.1) is 5.92 Å². The highest BCUT2D eigenvalue weighted by Crippen LogP contribution is 2.16. The lowest BCUT2D eigenvalue weighted by Gasteiger charge is -2.29. The summed E-state index contributed by atoms with van der Waals surface area (Å²) in [6.07, 6.45) is 4.12. The number of hydrogen-bond acceptors (Lipinski definition) is 2. The first-order valence-corrected chi connectivity index (χ1v) is 5.19. The maximum absolute atomic E-state index is 10.7. The zero-order valence-electron chi connectivity index (χ0n) is 8.33. The number of nitrogens with zero attached hydrogens (tertiary/aromatic N) is 1. The lowest BCUT2D eigenvalue weighted by Crippen LogP contribution is -2.38. The fourth-order valence-electron chi connectivity index (χ4n) is 1.79. The van der Waals surface area contributed by atoms with E-state index < -0.39 is 5.97 Å². The Hall–Kier alpha value is -0.505. The second-order valence-corrected chi connectivity index (χ2v) is 3.81. The molecule has 1 saturated heterocycles. The summed E-state index contributed by atoms with van der Waals surface area (Å²) in [6.45, 7) is 4.12. The third-order valence-electron chi connectivity index (χ3n) is 2.76. The predicted molar refractivity (Wildman–Crippen MR) is 54.2 cm³/mol. The van der Waals surface area contributed by atoms with Crippen LogP contribution in [0.25, 0.3) is 0 Å². The van der Waals surface area contributed by atoms with Crippen LogP contribution >= 0.6 is 0 Å². The minimum absolute atomic E-state index is 0.0853. The quantitative estimate of drug-likeness (QED) is 0.660. The van der Waals surface area contributed by atoms with Gasteiger partial charge in [-0.3, -0.25) is 4.79 Å². The SMILES string of the molecule is CCCBN1CCC(C(=O)O)CC1. The molecular weight excluding hydrogens is 165 g/mol. The van der Waals surface area contributed by atoms with Crippen molar-refractivity contribution in [3.05, 3.63) is 0 Å². The molecule has 0 atom stereocenters.